The van der Waals surface area contributed by atoms with Crippen molar-refractivity contribution in [2.75, 3.05) is 30.4 Å². The predicted molar refractivity (Wildman–Crippen MR) is 95.6 cm³/mol. The molecule has 1 aliphatic rings. The summed E-state index contributed by atoms with van der Waals surface area (Å²) in [6.07, 6.45) is -3.83. The Balaban J connectivity index is 1.68. The van der Waals surface area contributed by atoms with Gasteiger partial charge in [0.15, 0.2) is 11.5 Å². The molecule has 0 bridgehead atoms. The maximum atomic E-state index is 13.0. The Morgan fingerprint density at radius 1 is 1.07 bits per heavy atom. The third-order valence-electron chi connectivity index (χ3n) is 3.78. The van der Waals surface area contributed by atoms with Crippen LogP contribution < -0.4 is 20.1 Å². The van der Waals surface area contributed by atoms with Gasteiger partial charge in [0.25, 0.3) is 0 Å². The fraction of sp³-hybridized carbons (Fsp3) is 0.278. The zero-order chi connectivity index (χ0) is 19.4. The van der Waals surface area contributed by atoms with Gasteiger partial charge < -0.3 is 20.1 Å². The van der Waals surface area contributed by atoms with Crippen molar-refractivity contribution in [3.05, 3.63) is 47.0 Å². The number of ether oxygens (including phenoxy) is 2. The first-order valence-electron chi connectivity index (χ1n) is 8.13. The fourth-order valence-corrected chi connectivity index (χ4v) is 2.75. The largest absolute Gasteiger partial charge is 0.490 e. The lowest BCUT2D eigenvalue weighted by molar-refractivity contribution is -0.137. The van der Waals surface area contributed by atoms with Crippen molar-refractivity contribution in [2.24, 2.45) is 0 Å². The summed E-state index contributed by atoms with van der Waals surface area (Å²) in [6.45, 7) is 0.728. The maximum absolute atomic E-state index is 13.0. The number of halogens is 4. The van der Waals surface area contributed by atoms with Gasteiger partial charge in [0, 0.05) is 18.6 Å². The summed E-state index contributed by atoms with van der Waals surface area (Å²) in [5.41, 5.74) is -0.798. The van der Waals surface area contributed by atoms with Crippen LogP contribution in [0.1, 0.15) is 12.0 Å². The minimum absolute atomic E-state index is 0.272. The van der Waals surface area contributed by atoms with E-state index in [1.807, 2.05) is 0 Å². The van der Waals surface area contributed by atoms with E-state index in [1.54, 1.807) is 12.1 Å². The summed E-state index contributed by atoms with van der Waals surface area (Å²) < 4.78 is 50.0. The maximum Gasteiger partial charge on any atom is 0.418 e. The number of anilines is 2. The molecule has 0 saturated carbocycles. The average Bonchev–Trinajstić information content (AvgIpc) is 2.84. The third kappa shape index (κ3) is 4.77. The predicted octanol–water partition coefficient (Wildman–Crippen LogP) is 4.57. The molecule has 3 rings (SSSR count). The SMILES string of the molecule is O=C(CNc1cc2c(cc1Cl)OCCCO2)Nc1ccccc1C(F)(F)F. The molecule has 1 amide bonds. The zero-order valence-electron chi connectivity index (χ0n) is 14.0. The molecule has 0 atom stereocenters. The topological polar surface area (TPSA) is 59.6 Å². The van der Waals surface area contributed by atoms with E-state index in [0.29, 0.717) is 35.4 Å². The highest BCUT2D eigenvalue weighted by Crippen LogP contribution is 2.38. The van der Waals surface area contributed by atoms with Gasteiger partial charge in [0.05, 0.1) is 41.7 Å². The number of rotatable bonds is 4. The van der Waals surface area contributed by atoms with Gasteiger partial charge in [0.2, 0.25) is 5.91 Å². The number of fused-ring (bicyclic) bond motifs is 1. The number of alkyl halides is 3. The summed E-state index contributed by atoms with van der Waals surface area (Å²) in [5.74, 6) is 0.351. The van der Waals surface area contributed by atoms with Gasteiger partial charge >= 0.3 is 6.18 Å². The number of hydrogen-bond donors (Lipinski definition) is 2. The summed E-state index contributed by atoms with van der Waals surface area (Å²) >= 11 is 6.16. The Hall–Kier alpha value is -2.61. The van der Waals surface area contributed by atoms with E-state index >= 15 is 0 Å². The van der Waals surface area contributed by atoms with Crippen molar-refractivity contribution in [3.63, 3.8) is 0 Å². The molecular weight excluding hydrogens is 385 g/mol. The van der Waals surface area contributed by atoms with Crippen LogP contribution in [-0.2, 0) is 11.0 Å². The molecule has 27 heavy (non-hydrogen) atoms. The van der Waals surface area contributed by atoms with Gasteiger partial charge in [-0.25, -0.2) is 0 Å². The highest BCUT2D eigenvalue weighted by molar-refractivity contribution is 6.33. The Bertz CT molecular complexity index is 843. The van der Waals surface area contributed by atoms with Crippen LogP contribution in [0, 0.1) is 0 Å². The molecule has 0 spiro atoms. The first-order chi connectivity index (χ1) is 12.8. The highest BCUT2D eigenvalue weighted by atomic mass is 35.5. The minimum Gasteiger partial charge on any atom is -0.490 e. The molecule has 2 aromatic rings. The third-order valence-corrected chi connectivity index (χ3v) is 4.10. The van der Waals surface area contributed by atoms with Crippen LogP contribution in [0.4, 0.5) is 24.5 Å². The molecular formula is C18H16ClF3N2O3. The number of para-hydroxylation sites is 1. The first-order valence-corrected chi connectivity index (χ1v) is 8.51. The van der Waals surface area contributed by atoms with Crippen LogP contribution in [-0.4, -0.2) is 25.7 Å². The molecule has 144 valence electrons. The Kier molecular flexibility index (Phi) is 5.65. The average molecular weight is 401 g/mol. The number of carbonyl (C=O) groups excluding carboxylic acids is 1. The van der Waals surface area contributed by atoms with E-state index in [-0.39, 0.29) is 12.2 Å². The van der Waals surface area contributed by atoms with Gasteiger partial charge in [-0.3, -0.25) is 4.79 Å². The second kappa shape index (κ2) is 7.96. The van der Waals surface area contributed by atoms with Crippen molar-refractivity contribution in [1.82, 2.24) is 0 Å². The van der Waals surface area contributed by atoms with Gasteiger partial charge in [0.1, 0.15) is 0 Å². The van der Waals surface area contributed by atoms with Crippen molar-refractivity contribution >= 4 is 28.9 Å². The highest BCUT2D eigenvalue weighted by Gasteiger charge is 2.33. The molecule has 1 aliphatic heterocycles. The molecule has 0 fully saturated rings. The standard InChI is InChI=1S/C18H16ClF3N2O3/c19-12-8-15-16(27-7-3-6-26-15)9-14(12)23-10-17(25)24-13-5-2-1-4-11(13)18(20,21)22/h1-2,4-5,8-9,23H,3,6-7,10H2,(H,24,25). The molecule has 2 aromatic carbocycles. The molecule has 5 nitrogen and oxygen atoms in total. The van der Waals surface area contributed by atoms with Crippen LogP contribution in [0.2, 0.25) is 5.02 Å². The molecule has 0 radical (unpaired) electrons. The van der Waals surface area contributed by atoms with E-state index in [9.17, 15) is 18.0 Å². The van der Waals surface area contributed by atoms with Crippen molar-refractivity contribution in [3.8, 4) is 11.5 Å². The molecule has 1 heterocycles. The lowest BCUT2D eigenvalue weighted by Crippen LogP contribution is -2.23. The number of nitrogens with one attached hydrogen (secondary N) is 2. The van der Waals surface area contributed by atoms with Crippen molar-refractivity contribution in [1.29, 1.82) is 0 Å². The van der Waals surface area contributed by atoms with Gasteiger partial charge in [-0.05, 0) is 12.1 Å². The zero-order valence-corrected chi connectivity index (χ0v) is 14.8. The Morgan fingerprint density at radius 2 is 1.74 bits per heavy atom. The summed E-state index contributed by atoms with van der Waals surface area (Å²) in [5, 5.41) is 5.37. The second-order valence-corrected chi connectivity index (χ2v) is 6.18. The van der Waals surface area contributed by atoms with E-state index in [4.69, 9.17) is 21.1 Å². The molecule has 0 unspecified atom stereocenters. The number of amides is 1. The van der Waals surface area contributed by atoms with E-state index in [2.05, 4.69) is 10.6 Å². The van der Waals surface area contributed by atoms with Crippen LogP contribution in [0.3, 0.4) is 0 Å². The van der Waals surface area contributed by atoms with Crippen molar-refractivity contribution < 1.29 is 27.4 Å². The van der Waals surface area contributed by atoms with Crippen LogP contribution in [0.15, 0.2) is 36.4 Å². The molecule has 0 aliphatic carbocycles. The number of benzene rings is 2. The molecule has 0 saturated heterocycles. The van der Waals surface area contributed by atoms with Crippen LogP contribution in [0.5, 0.6) is 11.5 Å². The number of carbonyl (C=O) groups is 1. The normalized spacial score (nSPS) is 13.6. The Labute approximate surface area is 158 Å². The lowest BCUT2D eigenvalue weighted by atomic mass is 10.1. The van der Waals surface area contributed by atoms with E-state index < -0.39 is 17.6 Å². The van der Waals surface area contributed by atoms with E-state index in [1.165, 1.54) is 18.2 Å². The monoisotopic (exact) mass is 400 g/mol. The molecule has 9 heteroatoms. The number of hydrogen-bond acceptors (Lipinski definition) is 4. The Morgan fingerprint density at radius 3 is 2.44 bits per heavy atom. The summed E-state index contributed by atoms with van der Waals surface area (Å²) in [6, 6.07) is 7.94. The summed E-state index contributed by atoms with van der Waals surface area (Å²) in [7, 11) is 0. The van der Waals surface area contributed by atoms with E-state index in [0.717, 1.165) is 12.5 Å². The van der Waals surface area contributed by atoms with Crippen LogP contribution >= 0.6 is 11.6 Å². The minimum atomic E-state index is -4.56. The van der Waals surface area contributed by atoms with Crippen LogP contribution in [0.25, 0.3) is 0 Å². The van der Waals surface area contributed by atoms with Gasteiger partial charge in [-0.2, -0.15) is 13.2 Å². The molecule has 2 N–H and O–H groups in total. The quantitative estimate of drug-likeness (QED) is 0.789. The summed E-state index contributed by atoms with van der Waals surface area (Å²) in [4.78, 5) is 12.1. The second-order valence-electron chi connectivity index (χ2n) is 5.77. The lowest BCUT2D eigenvalue weighted by Gasteiger charge is -2.15. The smallest absolute Gasteiger partial charge is 0.418 e. The van der Waals surface area contributed by atoms with Crippen molar-refractivity contribution in [2.45, 2.75) is 12.6 Å². The molecule has 0 aromatic heterocycles. The van der Waals surface area contributed by atoms with Gasteiger partial charge in [-0.15, -0.1) is 0 Å². The van der Waals surface area contributed by atoms with Gasteiger partial charge in [-0.1, -0.05) is 23.7 Å². The fourth-order valence-electron chi connectivity index (χ4n) is 2.53. The first kappa shape index (κ1) is 19.2.